The molecule has 7 heteroatoms. The van der Waals surface area contributed by atoms with Crippen molar-refractivity contribution in [2.24, 2.45) is 5.92 Å². The Morgan fingerprint density at radius 2 is 1.67 bits per heavy atom. The molecule has 0 bridgehead atoms. The average molecular weight is 622 g/mol. The van der Waals surface area contributed by atoms with Gasteiger partial charge in [-0.05, 0) is 92.4 Å². The van der Waals surface area contributed by atoms with Gasteiger partial charge in [0.25, 0.3) is 5.91 Å². The van der Waals surface area contributed by atoms with Gasteiger partial charge in [-0.15, -0.1) is 0 Å². The molecule has 2 aliphatic rings. The summed E-state index contributed by atoms with van der Waals surface area (Å²) in [6.45, 7) is 17.0. The molecule has 1 amide bonds. The Labute approximate surface area is 268 Å². The van der Waals surface area contributed by atoms with Crippen molar-refractivity contribution in [3.05, 3.63) is 106 Å². The number of hydrogen-bond acceptors (Lipinski definition) is 3. The van der Waals surface area contributed by atoms with E-state index in [1.54, 1.807) is 4.90 Å². The number of nitrogens with zero attached hydrogens (tertiary/aromatic N) is 3. The maximum Gasteiger partial charge on any atom is 0.416 e. The molecule has 4 rings (SSSR count). The number of carbonyl (C=O) groups is 1. The number of aryl methyl sites for hydroxylation is 1. The first kappa shape index (κ1) is 34.6. The molecular formula is C38H50F3N3O. The molecule has 0 radical (unpaired) electrons. The van der Waals surface area contributed by atoms with Crippen molar-refractivity contribution in [2.45, 2.75) is 91.9 Å². The van der Waals surface area contributed by atoms with Gasteiger partial charge in [0.1, 0.15) is 0 Å². The summed E-state index contributed by atoms with van der Waals surface area (Å²) in [6, 6.07) is 12.1. The Balaban J connectivity index is 1.67. The third kappa shape index (κ3) is 9.35. The molecule has 1 aliphatic heterocycles. The highest BCUT2D eigenvalue weighted by atomic mass is 19.4. The Kier molecular flexibility index (Phi) is 12.1. The van der Waals surface area contributed by atoms with Crippen molar-refractivity contribution in [2.75, 3.05) is 26.2 Å². The van der Waals surface area contributed by atoms with Crippen LogP contribution in [0.15, 0.2) is 78.2 Å². The summed E-state index contributed by atoms with van der Waals surface area (Å²) in [5.41, 5.74) is 5.49. The zero-order valence-corrected chi connectivity index (χ0v) is 27.6. The van der Waals surface area contributed by atoms with Crippen LogP contribution in [0.25, 0.3) is 0 Å². The smallest absolute Gasteiger partial charge is 0.340 e. The second-order valence-electron chi connectivity index (χ2n) is 13.0. The van der Waals surface area contributed by atoms with Gasteiger partial charge in [-0.25, -0.2) is 0 Å². The Bertz CT molecular complexity index is 1380. The highest BCUT2D eigenvalue weighted by Crippen LogP contribution is 2.33. The largest absolute Gasteiger partial charge is 0.416 e. The van der Waals surface area contributed by atoms with Gasteiger partial charge in [0.15, 0.2) is 0 Å². The van der Waals surface area contributed by atoms with Crippen LogP contribution in [0.3, 0.4) is 0 Å². The molecule has 0 N–H and O–H groups in total. The predicted molar refractivity (Wildman–Crippen MR) is 178 cm³/mol. The van der Waals surface area contributed by atoms with Crippen molar-refractivity contribution in [1.29, 1.82) is 0 Å². The summed E-state index contributed by atoms with van der Waals surface area (Å²) in [4.78, 5) is 20.6. The quantitative estimate of drug-likeness (QED) is 0.223. The van der Waals surface area contributed by atoms with Gasteiger partial charge < -0.3 is 9.80 Å². The monoisotopic (exact) mass is 621 g/mol. The van der Waals surface area contributed by atoms with E-state index in [0.717, 1.165) is 62.4 Å². The summed E-state index contributed by atoms with van der Waals surface area (Å²) < 4.78 is 41.2. The summed E-state index contributed by atoms with van der Waals surface area (Å²) in [7, 11) is 0. The van der Waals surface area contributed by atoms with Crippen LogP contribution in [-0.4, -0.2) is 46.8 Å². The average Bonchev–Trinajstić information content (AvgIpc) is 3.00. The fourth-order valence-corrected chi connectivity index (χ4v) is 6.45. The Morgan fingerprint density at radius 1 is 0.978 bits per heavy atom. The van der Waals surface area contributed by atoms with Crippen LogP contribution < -0.4 is 0 Å². The molecule has 1 heterocycles. The summed E-state index contributed by atoms with van der Waals surface area (Å²) in [5.74, 6) is -0.258. The number of alkyl halides is 3. The molecule has 2 aromatic carbocycles. The fourth-order valence-electron chi connectivity index (χ4n) is 6.45. The van der Waals surface area contributed by atoms with E-state index in [-0.39, 0.29) is 23.9 Å². The molecule has 0 unspecified atom stereocenters. The van der Waals surface area contributed by atoms with Crippen molar-refractivity contribution in [1.82, 2.24) is 14.7 Å². The van der Waals surface area contributed by atoms with Crippen LogP contribution >= 0.6 is 0 Å². The van der Waals surface area contributed by atoms with Crippen LogP contribution in [0.1, 0.15) is 98.8 Å². The van der Waals surface area contributed by atoms with E-state index in [4.69, 9.17) is 0 Å². The number of carbonyl (C=O) groups excluding carboxylic acids is 1. The molecule has 0 atom stereocenters. The standard InChI is InChI=1S/C38H50F3N3O/c1-6-14-31-19-20-34(38(39,40)41)23-35(31)37(45)43(24-28(2)3)25-30(5)44(36-18-11-8-15-29(36)4)27-33-17-10-9-16-32(33)26-42-21-12-7-13-22-42/h9-10,15-20,23,28H,5-8,11-14,21-22,24-27H2,1-4H3. The maximum absolute atomic E-state index is 14.2. The lowest BCUT2D eigenvalue weighted by Gasteiger charge is -2.36. The lowest BCUT2D eigenvalue weighted by molar-refractivity contribution is -0.137. The Hall–Kier alpha value is -3.32. The number of likely N-dealkylation sites (tertiary alicyclic amines) is 1. The van der Waals surface area contributed by atoms with Gasteiger partial charge in [-0.1, -0.05) is 82.7 Å². The number of benzene rings is 2. The first-order chi connectivity index (χ1) is 21.5. The van der Waals surface area contributed by atoms with Gasteiger partial charge in [0.05, 0.1) is 12.1 Å². The predicted octanol–water partition coefficient (Wildman–Crippen LogP) is 9.38. The van der Waals surface area contributed by atoms with Gasteiger partial charge in [-0.3, -0.25) is 9.69 Å². The van der Waals surface area contributed by atoms with Crippen molar-refractivity contribution in [3.8, 4) is 0 Å². The van der Waals surface area contributed by atoms with Crippen molar-refractivity contribution in [3.63, 3.8) is 0 Å². The van der Waals surface area contributed by atoms with E-state index >= 15 is 0 Å². The van der Waals surface area contributed by atoms with Gasteiger partial charge in [0.2, 0.25) is 0 Å². The molecule has 4 nitrogen and oxygen atoms in total. The first-order valence-electron chi connectivity index (χ1n) is 16.6. The van der Waals surface area contributed by atoms with Crippen LogP contribution in [0.4, 0.5) is 13.2 Å². The van der Waals surface area contributed by atoms with E-state index in [1.807, 2.05) is 20.8 Å². The second-order valence-corrected chi connectivity index (χ2v) is 13.0. The highest BCUT2D eigenvalue weighted by molar-refractivity contribution is 5.96. The Morgan fingerprint density at radius 3 is 2.31 bits per heavy atom. The minimum Gasteiger partial charge on any atom is -0.340 e. The minimum absolute atomic E-state index is 0.122. The molecule has 0 aromatic heterocycles. The SMILES string of the molecule is C=C(CN(CC(C)C)C(=O)c1cc(C(F)(F)F)ccc1CCC)N(Cc1ccccc1CN1CCCCC1)C1=CCCC=C1C. The number of halogens is 3. The maximum atomic E-state index is 14.2. The third-order valence-corrected chi connectivity index (χ3v) is 8.75. The molecular weight excluding hydrogens is 571 g/mol. The molecule has 2 aromatic rings. The number of amides is 1. The molecule has 244 valence electrons. The molecule has 1 saturated heterocycles. The molecule has 0 spiro atoms. The van der Waals surface area contributed by atoms with Gasteiger partial charge in [-0.2, -0.15) is 13.2 Å². The highest BCUT2D eigenvalue weighted by Gasteiger charge is 2.33. The van der Waals surface area contributed by atoms with Gasteiger partial charge in [0, 0.05) is 36.6 Å². The fraction of sp³-hybridized carbons (Fsp3) is 0.500. The van der Waals surface area contributed by atoms with Crippen molar-refractivity contribution >= 4 is 5.91 Å². The third-order valence-electron chi connectivity index (χ3n) is 8.75. The lowest BCUT2D eigenvalue weighted by atomic mass is 9.98. The molecule has 45 heavy (non-hydrogen) atoms. The zero-order chi connectivity index (χ0) is 32.6. The number of piperidine rings is 1. The number of allylic oxidation sites excluding steroid dienone is 3. The lowest BCUT2D eigenvalue weighted by Crippen LogP contribution is -2.39. The number of hydrogen-bond donors (Lipinski definition) is 0. The van der Waals surface area contributed by atoms with Crippen LogP contribution in [-0.2, 0) is 25.7 Å². The summed E-state index contributed by atoms with van der Waals surface area (Å²) in [5, 5.41) is 0. The molecule has 1 fully saturated rings. The van der Waals surface area contributed by atoms with E-state index in [0.29, 0.717) is 25.1 Å². The minimum atomic E-state index is -4.53. The van der Waals surface area contributed by atoms with Crippen LogP contribution in [0.2, 0.25) is 0 Å². The van der Waals surface area contributed by atoms with E-state index < -0.39 is 11.7 Å². The molecule has 1 aliphatic carbocycles. The summed E-state index contributed by atoms with van der Waals surface area (Å²) in [6.07, 6.45) is 6.88. The zero-order valence-electron chi connectivity index (χ0n) is 27.6. The topological polar surface area (TPSA) is 26.8 Å². The van der Waals surface area contributed by atoms with E-state index in [2.05, 4.69) is 59.7 Å². The first-order valence-corrected chi connectivity index (χ1v) is 16.6. The van der Waals surface area contributed by atoms with E-state index in [1.165, 1.54) is 42.0 Å². The van der Waals surface area contributed by atoms with Crippen LogP contribution in [0, 0.1) is 5.92 Å². The van der Waals surface area contributed by atoms with E-state index in [9.17, 15) is 18.0 Å². The van der Waals surface area contributed by atoms with Crippen molar-refractivity contribution < 1.29 is 18.0 Å². The normalized spacial score (nSPS) is 15.9. The van der Waals surface area contributed by atoms with Gasteiger partial charge >= 0.3 is 6.18 Å². The summed E-state index contributed by atoms with van der Waals surface area (Å²) >= 11 is 0. The second kappa shape index (κ2) is 15.8. The van der Waals surface area contributed by atoms with Crippen LogP contribution in [0.5, 0.6) is 0 Å². The number of rotatable bonds is 13. The molecule has 0 saturated carbocycles.